The molecule has 0 bridgehead atoms. The molecule has 1 N–H and O–H groups in total. The number of ether oxygens (including phenoxy) is 1. The van der Waals surface area contributed by atoms with E-state index in [1.165, 1.54) is 7.11 Å². The van der Waals surface area contributed by atoms with Crippen molar-refractivity contribution in [3.8, 4) is 0 Å². The average Bonchev–Trinajstić information content (AvgIpc) is 2.37. The molecule has 1 saturated heterocycles. The van der Waals surface area contributed by atoms with Gasteiger partial charge >= 0.3 is 5.97 Å². The first kappa shape index (κ1) is 16.4. The van der Waals surface area contributed by atoms with Gasteiger partial charge in [-0.1, -0.05) is 6.92 Å². The Hall–Kier alpha value is -0.660. The minimum absolute atomic E-state index is 0.211. The lowest BCUT2D eigenvalue weighted by Gasteiger charge is -2.32. The summed E-state index contributed by atoms with van der Waals surface area (Å²) in [4.78, 5) is 13.9. The minimum Gasteiger partial charge on any atom is -0.468 e. The van der Waals surface area contributed by atoms with Crippen LogP contribution in [0.15, 0.2) is 0 Å². The van der Waals surface area contributed by atoms with Crippen LogP contribution in [-0.4, -0.2) is 69.6 Å². The second-order valence-corrected chi connectivity index (χ2v) is 7.40. The predicted octanol–water partition coefficient (Wildman–Crippen LogP) is -0.352. The van der Waals surface area contributed by atoms with E-state index in [0.717, 1.165) is 0 Å². The number of hydrogen-bond donors (Lipinski definition) is 1. The molecule has 112 valence electrons. The van der Waals surface area contributed by atoms with Gasteiger partial charge in [0.25, 0.3) is 0 Å². The molecule has 19 heavy (non-hydrogen) atoms. The van der Waals surface area contributed by atoms with Crippen LogP contribution in [-0.2, 0) is 19.4 Å². The fraction of sp³-hybridized carbons (Fsp3) is 0.917. The van der Waals surface area contributed by atoms with Crippen molar-refractivity contribution < 1.29 is 17.9 Å². The van der Waals surface area contributed by atoms with E-state index in [0.29, 0.717) is 32.6 Å². The summed E-state index contributed by atoms with van der Waals surface area (Å²) in [5.41, 5.74) is -0.709. The van der Waals surface area contributed by atoms with Crippen molar-refractivity contribution in [2.45, 2.75) is 25.8 Å². The highest BCUT2D eigenvalue weighted by molar-refractivity contribution is 7.91. The molecule has 1 rings (SSSR count). The Morgan fingerprint density at radius 2 is 1.95 bits per heavy atom. The fourth-order valence-corrected chi connectivity index (χ4v) is 3.51. The van der Waals surface area contributed by atoms with E-state index in [9.17, 15) is 13.2 Å². The van der Waals surface area contributed by atoms with Gasteiger partial charge in [-0.25, -0.2) is 8.42 Å². The van der Waals surface area contributed by atoms with Crippen molar-refractivity contribution in [2.24, 2.45) is 0 Å². The topological polar surface area (TPSA) is 75.7 Å². The van der Waals surface area contributed by atoms with Crippen LogP contribution in [0.1, 0.15) is 20.3 Å². The number of rotatable bonds is 6. The Labute approximate surface area is 115 Å². The van der Waals surface area contributed by atoms with E-state index in [1.807, 2.05) is 13.8 Å². The maximum atomic E-state index is 11.8. The number of esters is 1. The van der Waals surface area contributed by atoms with E-state index < -0.39 is 15.4 Å². The first-order valence-electron chi connectivity index (χ1n) is 6.59. The van der Waals surface area contributed by atoms with E-state index in [2.05, 4.69) is 10.2 Å². The molecule has 0 radical (unpaired) electrons. The fourth-order valence-electron chi connectivity index (χ4n) is 2.23. The van der Waals surface area contributed by atoms with Crippen molar-refractivity contribution in [1.82, 2.24) is 10.2 Å². The molecule has 1 aliphatic heterocycles. The molecule has 0 amide bonds. The maximum absolute atomic E-state index is 11.8. The predicted molar refractivity (Wildman–Crippen MR) is 73.8 cm³/mol. The zero-order chi connectivity index (χ0) is 14.5. The molecule has 1 heterocycles. The number of sulfone groups is 1. The van der Waals surface area contributed by atoms with Crippen LogP contribution < -0.4 is 5.32 Å². The zero-order valence-electron chi connectivity index (χ0n) is 11.9. The Morgan fingerprint density at radius 3 is 2.42 bits per heavy atom. The highest BCUT2D eigenvalue weighted by Crippen LogP contribution is 2.14. The number of likely N-dealkylation sites (N-methyl/N-ethyl adjacent to an activating group) is 1. The van der Waals surface area contributed by atoms with Gasteiger partial charge in [-0.2, -0.15) is 0 Å². The minimum atomic E-state index is -2.85. The Kier molecular flexibility index (Phi) is 5.76. The smallest absolute Gasteiger partial charge is 0.325 e. The molecule has 0 aliphatic carbocycles. The number of carbonyl (C=O) groups is 1. The summed E-state index contributed by atoms with van der Waals surface area (Å²) < 4.78 is 27.5. The van der Waals surface area contributed by atoms with Crippen LogP contribution >= 0.6 is 0 Å². The lowest BCUT2D eigenvalue weighted by atomic mass is 9.97. The first-order valence-corrected chi connectivity index (χ1v) is 8.41. The van der Waals surface area contributed by atoms with Crippen LogP contribution in [0, 0.1) is 0 Å². The van der Waals surface area contributed by atoms with Crippen molar-refractivity contribution in [3.63, 3.8) is 0 Å². The number of hydrogen-bond acceptors (Lipinski definition) is 6. The average molecular weight is 292 g/mol. The summed E-state index contributed by atoms with van der Waals surface area (Å²) in [6.07, 6.45) is 0.605. The monoisotopic (exact) mass is 292 g/mol. The number of methoxy groups -OCH3 is 1. The van der Waals surface area contributed by atoms with Gasteiger partial charge in [-0.05, 0) is 19.9 Å². The lowest BCUT2D eigenvalue weighted by Crippen LogP contribution is -2.52. The van der Waals surface area contributed by atoms with E-state index in [4.69, 9.17) is 4.74 Å². The molecule has 0 spiro atoms. The van der Waals surface area contributed by atoms with Crippen molar-refractivity contribution in [2.75, 3.05) is 44.8 Å². The van der Waals surface area contributed by atoms with Crippen molar-refractivity contribution in [3.05, 3.63) is 0 Å². The molecule has 1 atom stereocenters. The lowest BCUT2D eigenvalue weighted by molar-refractivity contribution is -0.148. The molecule has 0 aromatic carbocycles. The number of nitrogens with one attached hydrogen (secondary N) is 1. The highest BCUT2D eigenvalue weighted by atomic mass is 32.2. The Morgan fingerprint density at radius 1 is 1.37 bits per heavy atom. The molecule has 0 aromatic heterocycles. The Balaban J connectivity index is 2.51. The van der Waals surface area contributed by atoms with Crippen molar-refractivity contribution >= 4 is 15.8 Å². The van der Waals surface area contributed by atoms with Crippen LogP contribution in [0.2, 0.25) is 0 Å². The molecular weight excluding hydrogens is 268 g/mol. The van der Waals surface area contributed by atoms with Crippen LogP contribution in [0.25, 0.3) is 0 Å². The first-order chi connectivity index (χ1) is 8.83. The van der Waals surface area contributed by atoms with Crippen LogP contribution in [0.3, 0.4) is 0 Å². The molecule has 1 unspecified atom stereocenters. The van der Waals surface area contributed by atoms with Crippen LogP contribution in [0.4, 0.5) is 0 Å². The summed E-state index contributed by atoms with van der Waals surface area (Å²) in [6.45, 7) is 6.23. The molecule has 7 heteroatoms. The van der Waals surface area contributed by atoms with Gasteiger partial charge in [0.05, 0.1) is 18.6 Å². The molecule has 1 fully saturated rings. The molecule has 0 saturated carbocycles. The third-order valence-corrected chi connectivity index (χ3v) is 5.18. The Bertz CT molecular complexity index is 396. The summed E-state index contributed by atoms with van der Waals surface area (Å²) in [6, 6.07) is 0. The zero-order valence-corrected chi connectivity index (χ0v) is 12.8. The molecular formula is C12H24N2O4S. The van der Waals surface area contributed by atoms with E-state index in [1.54, 1.807) is 0 Å². The molecule has 0 aromatic rings. The SMILES string of the molecule is CCNC(C)(CCN1CCS(=O)(=O)CC1)C(=O)OC. The standard InChI is InChI=1S/C12H24N2O4S/c1-4-13-12(2,11(15)18-3)5-6-14-7-9-19(16,17)10-8-14/h13H,4-10H2,1-3H3. The van der Waals surface area contributed by atoms with Gasteiger partial charge in [0, 0.05) is 19.6 Å². The summed E-state index contributed by atoms with van der Waals surface area (Å²) >= 11 is 0. The highest BCUT2D eigenvalue weighted by Gasteiger charge is 2.34. The van der Waals surface area contributed by atoms with Gasteiger partial charge in [0.2, 0.25) is 0 Å². The van der Waals surface area contributed by atoms with Gasteiger partial charge in [-0.3, -0.25) is 4.79 Å². The number of nitrogens with zero attached hydrogens (tertiary/aromatic N) is 1. The van der Waals surface area contributed by atoms with E-state index >= 15 is 0 Å². The summed E-state index contributed by atoms with van der Waals surface area (Å²) in [5.74, 6) is 0.144. The normalized spacial score (nSPS) is 22.7. The third-order valence-electron chi connectivity index (χ3n) is 3.57. The largest absolute Gasteiger partial charge is 0.468 e. The van der Waals surface area contributed by atoms with Gasteiger partial charge < -0.3 is 15.0 Å². The van der Waals surface area contributed by atoms with Crippen LogP contribution in [0.5, 0.6) is 0 Å². The third kappa shape index (κ3) is 4.74. The summed E-state index contributed by atoms with van der Waals surface area (Å²) in [7, 11) is -1.47. The quantitative estimate of drug-likeness (QED) is 0.674. The molecule has 6 nitrogen and oxygen atoms in total. The second-order valence-electron chi connectivity index (χ2n) is 5.10. The van der Waals surface area contributed by atoms with Gasteiger partial charge in [0.1, 0.15) is 5.54 Å². The number of carbonyl (C=O) groups excluding carboxylic acids is 1. The van der Waals surface area contributed by atoms with E-state index in [-0.39, 0.29) is 17.5 Å². The summed E-state index contributed by atoms with van der Waals surface area (Å²) in [5, 5.41) is 3.15. The van der Waals surface area contributed by atoms with Crippen molar-refractivity contribution in [1.29, 1.82) is 0 Å². The maximum Gasteiger partial charge on any atom is 0.325 e. The second kappa shape index (κ2) is 6.67. The molecule has 1 aliphatic rings. The van der Waals surface area contributed by atoms with Gasteiger partial charge in [0.15, 0.2) is 9.84 Å². The van der Waals surface area contributed by atoms with Gasteiger partial charge in [-0.15, -0.1) is 0 Å².